The number of aryl methyl sites for hydroxylation is 1. The average molecular weight is 340 g/mol. The van der Waals surface area contributed by atoms with Crippen LogP contribution in [0.2, 0.25) is 0 Å². The summed E-state index contributed by atoms with van der Waals surface area (Å²) in [5.41, 5.74) is 2.72. The van der Waals surface area contributed by atoms with Crippen LogP contribution in [0.1, 0.15) is 43.7 Å². The lowest BCUT2D eigenvalue weighted by molar-refractivity contribution is 0.331. The predicted molar refractivity (Wildman–Crippen MR) is 84.1 cm³/mol. The lowest BCUT2D eigenvalue weighted by Gasteiger charge is -2.23. The molecule has 0 radical (unpaired) electrons. The van der Waals surface area contributed by atoms with Gasteiger partial charge < -0.3 is 0 Å². The van der Waals surface area contributed by atoms with Crippen LogP contribution in [0.4, 0.5) is 0 Å². The Morgan fingerprint density at radius 2 is 1.88 bits per heavy atom. The number of benzene rings is 1. The zero-order chi connectivity index (χ0) is 12.3. The molecular weight excluding hydrogens is 319 g/mol. The zero-order valence-electron chi connectivity index (χ0n) is 10.7. The van der Waals surface area contributed by atoms with E-state index in [2.05, 4.69) is 66.8 Å². The first-order valence-electron chi connectivity index (χ1n) is 6.59. The molecule has 1 aromatic rings. The van der Waals surface area contributed by atoms with E-state index in [1.807, 2.05) is 0 Å². The van der Waals surface area contributed by atoms with E-state index in [4.69, 9.17) is 0 Å². The van der Waals surface area contributed by atoms with Gasteiger partial charge in [-0.05, 0) is 65.8 Å². The normalized spacial score (nSPS) is 25.4. The molecule has 1 aliphatic carbocycles. The van der Waals surface area contributed by atoms with Gasteiger partial charge in [-0.15, -0.1) is 0 Å². The fraction of sp³-hybridized carbons (Fsp3) is 0.500. The van der Waals surface area contributed by atoms with E-state index >= 15 is 0 Å². The van der Waals surface area contributed by atoms with E-state index in [9.17, 15) is 0 Å². The summed E-state index contributed by atoms with van der Waals surface area (Å²) in [6.45, 7) is 4.53. The fourth-order valence-electron chi connectivity index (χ4n) is 2.49. The van der Waals surface area contributed by atoms with Crippen molar-refractivity contribution in [3.05, 3.63) is 39.0 Å². The summed E-state index contributed by atoms with van der Waals surface area (Å²) >= 11 is 2.43. The summed E-state index contributed by atoms with van der Waals surface area (Å²) in [5.74, 6) is 1.75. The summed E-state index contributed by atoms with van der Waals surface area (Å²) in [4.78, 5) is 0. The highest BCUT2D eigenvalue weighted by atomic mass is 127. The molecule has 2 rings (SSSR count). The van der Waals surface area contributed by atoms with Crippen molar-refractivity contribution >= 4 is 28.7 Å². The maximum Gasteiger partial charge on any atom is 0.0205 e. The van der Waals surface area contributed by atoms with Gasteiger partial charge in [0.2, 0.25) is 0 Å². The van der Waals surface area contributed by atoms with Crippen LogP contribution >= 0.6 is 22.6 Å². The first kappa shape index (κ1) is 13.1. The first-order chi connectivity index (χ1) is 8.15. The smallest absolute Gasteiger partial charge is 0.0205 e. The van der Waals surface area contributed by atoms with Crippen molar-refractivity contribution in [3.63, 3.8) is 0 Å². The topological polar surface area (TPSA) is 0 Å². The second-order valence-corrected chi connectivity index (χ2v) is 6.57. The van der Waals surface area contributed by atoms with Crippen molar-refractivity contribution in [2.45, 2.75) is 39.5 Å². The Labute approximate surface area is 119 Å². The summed E-state index contributed by atoms with van der Waals surface area (Å²) in [7, 11) is 0. The number of halogens is 1. The number of rotatable bonds is 2. The van der Waals surface area contributed by atoms with Gasteiger partial charge in [-0.25, -0.2) is 0 Å². The minimum Gasteiger partial charge on any atom is -0.0808 e. The molecule has 0 bridgehead atoms. The molecule has 0 heterocycles. The molecule has 0 saturated heterocycles. The van der Waals surface area contributed by atoms with Crippen molar-refractivity contribution in [3.8, 4) is 0 Å². The average Bonchev–Trinajstić information content (AvgIpc) is 2.30. The van der Waals surface area contributed by atoms with Crippen LogP contribution in [-0.4, -0.2) is 0 Å². The Morgan fingerprint density at radius 1 is 1.18 bits per heavy atom. The second-order valence-electron chi connectivity index (χ2n) is 5.40. The molecule has 1 saturated carbocycles. The molecular formula is C16H21I. The van der Waals surface area contributed by atoms with Gasteiger partial charge in [-0.2, -0.15) is 0 Å². The SMILES string of the molecule is Cc1ccc(C=CC2CCC(C)CC2)c(I)c1. The van der Waals surface area contributed by atoms with Gasteiger partial charge in [0.25, 0.3) is 0 Å². The van der Waals surface area contributed by atoms with Gasteiger partial charge in [0.05, 0.1) is 0 Å². The Bertz CT molecular complexity index is 398. The van der Waals surface area contributed by atoms with Crippen LogP contribution in [0, 0.1) is 22.3 Å². The van der Waals surface area contributed by atoms with Crippen LogP contribution in [-0.2, 0) is 0 Å². The van der Waals surface area contributed by atoms with E-state index in [-0.39, 0.29) is 0 Å². The molecule has 0 aromatic heterocycles. The quantitative estimate of drug-likeness (QED) is 0.629. The van der Waals surface area contributed by atoms with Gasteiger partial charge in [0, 0.05) is 3.57 Å². The number of hydrogen-bond donors (Lipinski definition) is 0. The highest BCUT2D eigenvalue weighted by molar-refractivity contribution is 14.1. The van der Waals surface area contributed by atoms with E-state index in [1.165, 1.54) is 40.4 Å². The van der Waals surface area contributed by atoms with E-state index in [0.29, 0.717) is 0 Å². The maximum absolute atomic E-state index is 2.43. The van der Waals surface area contributed by atoms with Crippen LogP contribution in [0.5, 0.6) is 0 Å². The molecule has 0 atom stereocenters. The highest BCUT2D eigenvalue weighted by Gasteiger charge is 2.15. The van der Waals surface area contributed by atoms with E-state index in [0.717, 1.165) is 11.8 Å². The zero-order valence-corrected chi connectivity index (χ0v) is 12.9. The molecule has 1 fully saturated rings. The molecule has 1 aromatic carbocycles. The van der Waals surface area contributed by atoms with Gasteiger partial charge in [0.1, 0.15) is 0 Å². The minimum atomic E-state index is 0.809. The van der Waals surface area contributed by atoms with Crippen molar-refractivity contribution in [1.29, 1.82) is 0 Å². The maximum atomic E-state index is 2.43. The lowest BCUT2D eigenvalue weighted by Crippen LogP contribution is -2.09. The third-order valence-corrected chi connectivity index (χ3v) is 4.70. The number of allylic oxidation sites excluding steroid dienone is 1. The molecule has 0 spiro atoms. The van der Waals surface area contributed by atoms with Crippen molar-refractivity contribution in [1.82, 2.24) is 0 Å². The lowest BCUT2D eigenvalue weighted by atomic mass is 9.83. The van der Waals surface area contributed by atoms with Crippen molar-refractivity contribution in [2.24, 2.45) is 11.8 Å². The largest absolute Gasteiger partial charge is 0.0808 e. The third kappa shape index (κ3) is 3.84. The van der Waals surface area contributed by atoms with Crippen LogP contribution in [0.15, 0.2) is 24.3 Å². The summed E-state index contributed by atoms with van der Waals surface area (Å²) in [6, 6.07) is 6.69. The number of hydrogen-bond acceptors (Lipinski definition) is 0. The van der Waals surface area contributed by atoms with Gasteiger partial charge in [-0.3, -0.25) is 0 Å². The standard InChI is InChI=1S/C16H21I/c1-12-3-6-14(7-4-12)8-10-15-9-5-13(2)11-16(15)17/h5,8-12,14H,3-4,6-7H2,1-2H3. The Balaban J connectivity index is 2.00. The minimum absolute atomic E-state index is 0.809. The van der Waals surface area contributed by atoms with Gasteiger partial charge in [0.15, 0.2) is 0 Å². The third-order valence-electron chi connectivity index (χ3n) is 3.76. The molecule has 1 heteroatoms. The van der Waals surface area contributed by atoms with Gasteiger partial charge >= 0.3 is 0 Å². The molecule has 0 N–H and O–H groups in total. The molecule has 17 heavy (non-hydrogen) atoms. The fourth-order valence-corrected chi connectivity index (χ4v) is 3.34. The molecule has 1 aliphatic rings. The summed E-state index contributed by atoms with van der Waals surface area (Å²) in [6.07, 6.45) is 10.3. The predicted octanol–water partition coefficient (Wildman–Crippen LogP) is 5.44. The molecule has 92 valence electrons. The summed E-state index contributed by atoms with van der Waals surface area (Å²) < 4.78 is 1.36. The summed E-state index contributed by atoms with van der Waals surface area (Å²) in [5, 5.41) is 0. The monoisotopic (exact) mass is 340 g/mol. The molecule has 0 aliphatic heterocycles. The van der Waals surface area contributed by atoms with Gasteiger partial charge in [-0.1, -0.05) is 49.6 Å². The van der Waals surface area contributed by atoms with Crippen LogP contribution < -0.4 is 0 Å². The van der Waals surface area contributed by atoms with Crippen LogP contribution in [0.3, 0.4) is 0 Å². The Hall–Kier alpha value is -0.310. The Morgan fingerprint density at radius 3 is 2.53 bits per heavy atom. The van der Waals surface area contributed by atoms with Crippen molar-refractivity contribution < 1.29 is 0 Å². The Kier molecular flexibility index (Phi) is 4.66. The van der Waals surface area contributed by atoms with E-state index < -0.39 is 0 Å². The van der Waals surface area contributed by atoms with E-state index in [1.54, 1.807) is 0 Å². The molecule has 0 amide bonds. The molecule has 0 unspecified atom stereocenters. The van der Waals surface area contributed by atoms with Crippen molar-refractivity contribution in [2.75, 3.05) is 0 Å². The van der Waals surface area contributed by atoms with Crippen LogP contribution in [0.25, 0.3) is 6.08 Å². The molecule has 0 nitrogen and oxygen atoms in total. The first-order valence-corrected chi connectivity index (χ1v) is 7.67. The highest BCUT2D eigenvalue weighted by Crippen LogP contribution is 2.29. The second kappa shape index (κ2) is 6.03.